The van der Waals surface area contributed by atoms with Crippen LogP contribution in [0.4, 0.5) is 4.79 Å². The number of hydrogen-bond donors (Lipinski definition) is 3. The zero-order valence-corrected chi connectivity index (χ0v) is 9.73. The first kappa shape index (κ1) is 13.3. The highest BCUT2D eigenvalue weighted by Crippen LogP contribution is 2.14. The standard InChI is InChI=1S/C10H17N3O4/c1-2-3-11-8(14)4-12-10(17)13-5-7(6-13)9(15)16/h7H,2-6H2,1H3,(H,11,14)(H,12,17)(H,15,16). The zero-order valence-electron chi connectivity index (χ0n) is 9.73. The van der Waals surface area contributed by atoms with Crippen molar-refractivity contribution in [1.82, 2.24) is 15.5 Å². The first-order valence-electron chi connectivity index (χ1n) is 5.56. The quantitative estimate of drug-likeness (QED) is 0.591. The maximum Gasteiger partial charge on any atom is 0.317 e. The fourth-order valence-electron chi connectivity index (χ4n) is 1.40. The Hall–Kier alpha value is -1.79. The van der Waals surface area contributed by atoms with E-state index in [1.165, 1.54) is 4.90 Å². The Bertz CT molecular complexity index is 313. The zero-order chi connectivity index (χ0) is 12.8. The molecule has 0 bridgehead atoms. The maximum atomic E-state index is 11.4. The molecule has 1 fully saturated rings. The van der Waals surface area contributed by atoms with Gasteiger partial charge in [0.15, 0.2) is 0 Å². The lowest BCUT2D eigenvalue weighted by atomic mass is 10.0. The minimum absolute atomic E-state index is 0.0763. The molecule has 1 rings (SSSR count). The monoisotopic (exact) mass is 243 g/mol. The maximum absolute atomic E-state index is 11.4. The molecule has 7 heteroatoms. The summed E-state index contributed by atoms with van der Waals surface area (Å²) in [6, 6.07) is -0.394. The van der Waals surface area contributed by atoms with Gasteiger partial charge < -0.3 is 20.6 Å². The van der Waals surface area contributed by atoms with Gasteiger partial charge in [0.1, 0.15) is 0 Å². The summed E-state index contributed by atoms with van der Waals surface area (Å²) in [4.78, 5) is 34.5. The molecule has 0 atom stereocenters. The molecule has 3 N–H and O–H groups in total. The molecule has 3 amide bonds. The predicted octanol–water partition coefficient (Wildman–Crippen LogP) is -0.761. The number of aliphatic carboxylic acids is 1. The number of nitrogens with zero attached hydrogens (tertiary/aromatic N) is 1. The van der Waals surface area contributed by atoms with Crippen molar-refractivity contribution in [3.8, 4) is 0 Å². The third-order valence-electron chi connectivity index (χ3n) is 2.49. The number of likely N-dealkylation sites (tertiary alicyclic amines) is 1. The van der Waals surface area contributed by atoms with E-state index in [2.05, 4.69) is 10.6 Å². The molecular formula is C10H17N3O4. The Morgan fingerprint density at radius 2 is 1.94 bits per heavy atom. The number of rotatable bonds is 5. The molecule has 1 aliphatic rings. The van der Waals surface area contributed by atoms with Gasteiger partial charge in [-0.05, 0) is 6.42 Å². The average Bonchev–Trinajstić information content (AvgIpc) is 2.20. The molecule has 0 radical (unpaired) electrons. The first-order chi connectivity index (χ1) is 8.04. The first-order valence-corrected chi connectivity index (χ1v) is 5.56. The van der Waals surface area contributed by atoms with E-state index >= 15 is 0 Å². The summed E-state index contributed by atoms with van der Waals surface area (Å²) in [5, 5.41) is 13.7. The van der Waals surface area contributed by atoms with E-state index in [0.717, 1.165) is 6.42 Å². The van der Waals surface area contributed by atoms with Gasteiger partial charge in [-0.25, -0.2) is 4.79 Å². The summed E-state index contributed by atoms with van der Waals surface area (Å²) in [5.41, 5.74) is 0. The van der Waals surface area contributed by atoms with Crippen LogP contribution in [0.5, 0.6) is 0 Å². The van der Waals surface area contributed by atoms with Crippen LogP contribution in [-0.2, 0) is 9.59 Å². The summed E-state index contributed by atoms with van der Waals surface area (Å²) < 4.78 is 0. The number of carboxylic acids is 1. The van der Waals surface area contributed by atoms with Crippen LogP contribution in [0.15, 0.2) is 0 Å². The van der Waals surface area contributed by atoms with Gasteiger partial charge in [-0.2, -0.15) is 0 Å². The van der Waals surface area contributed by atoms with Crippen molar-refractivity contribution in [1.29, 1.82) is 0 Å². The number of nitrogens with one attached hydrogen (secondary N) is 2. The minimum Gasteiger partial charge on any atom is -0.481 e. The minimum atomic E-state index is -0.894. The molecular weight excluding hydrogens is 226 g/mol. The van der Waals surface area contributed by atoms with Crippen LogP contribution < -0.4 is 10.6 Å². The van der Waals surface area contributed by atoms with E-state index in [-0.39, 0.29) is 25.5 Å². The van der Waals surface area contributed by atoms with Crippen molar-refractivity contribution in [2.24, 2.45) is 5.92 Å². The number of hydrogen-bond acceptors (Lipinski definition) is 3. The van der Waals surface area contributed by atoms with E-state index in [1.807, 2.05) is 6.92 Å². The Morgan fingerprint density at radius 1 is 1.29 bits per heavy atom. The topological polar surface area (TPSA) is 98.7 Å². The van der Waals surface area contributed by atoms with E-state index in [4.69, 9.17) is 5.11 Å². The summed E-state index contributed by atoms with van der Waals surface area (Å²) >= 11 is 0. The van der Waals surface area contributed by atoms with Crippen LogP contribution in [0.2, 0.25) is 0 Å². The van der Waals surface area contributed by atoms with Crippen LogP contribution in [0.25, 0.3) is 0 Å². The third-order valence-corrected chi connectivity index (χ3v) is 2.49. The lowest BCUT2D eigenvalue weighted by molar-refractivity contribution is -0.146. The van der Waals surface area contributed by atoms with Crippen molar-refractivity contribution in [2.45, 2.75) is 13.3 Å². The highest BCUT2D eigenvalue weighted by atomic mass is 16.4. The Labute approximate surface area is 99.2 Å². The van der Waals surface area contributed by atoms with E-state index < -0.39 is 17.9 Å². The van der Waals surface area contributed by atoms with E-state index in [0.29, 0.717) is 6.54 Å². The van der Waals surface area contributed by atoms with Gasteiger partial charge in [0.05, 0.1) is 12.5 Å². The number of urea groups is 1. The van der Waals surface area contributed by atoms with Crippen molar-refractivity contribution in [3.05, 3.63) is 0 Å². The number of carboxylic acid groups (broad SMARTS) is 1. The summed E-state index contributed by atoms with van der Waals surface area (Å²) in [6.45, 7) is 2.85. The van der Waals surface area contributed by atoms with Gasteiger partial charge in [0.25, 0.3) is 0 Å². The highest BCUT2D eigenvalue weighted by molar-refractivity contribution is 5.85. The largest absolute Gasteiger partial charge is 0.481 e. The Kier molecular flexibility index (Phi) is 4.74. The molecule has 0 aromatic rings. The highest BCUT2D eigenvalue weighted by Gasteiger charge is 2.35. The summed E-state index contributed by atoms with van der Waals surface area (Å²) in [7, 11) is 0. The summed E-state index contributed by atoms with van der Waals surface area (Å²) in [5.74, 6) is -1.61. The van der Waals surface area contributed by atoms with Gasteiger partial charge in [-0.15, -0.1) is 0 Å². The van der Waals surface area contributed by atoms with Crippen molar-refractivity contribution in [2.75, 3.05) is 26.2 Å². The smallest absolute Gasteiger partial charge is 0.317 e. The van der Waals surface area contributed by atoms with Crippen molar-refractivity contribution < 1.29 is 19.5 Å². The van der Waals surface area contributed by atoms with Crippen LogP contribution in [0.1, 0.15) is 13.3 Å². The molecule has 0 aromatic heterocycles. The molecule has 96 valence electrons. The van der Waals surface area contributed by atoms with E-state index in [9.17, 15) is 14.4 Å². The molecule has 0 aromatic carbocycles. The predicted molar refractivity (Wildman–Crippen MR) is 59.4 cm³/mol. The Balaban J connectivity index is 2.14. The molecule has 1 aliphatic heterocycles. The second-order valence-electron chi connectivity index (χ2n) is 3.95. The van der Waals surface area contributed by atoms with Gasteiger partial charge >= 0.3 is 12.0 Å². The average molecular weight is 243 g/mol. The molecule has 1 saturated heterocycles. The lowest BCUT2D eigenvalue weighted by Gasteiger charge is -2.36. The van der Waals surface area contributed by atoms with Crippen LogP contribution in [-0.4, -0.2) is 54.1 Å². The number of amides is 3. The summed E-state index contributed by atoms with van der Waals surface area (Å²) in [6.07, 6.45) is 0.839. The molecule has 0 spiro atoms. The van der Waals surface area contributed by atoms with Crippen molar-refractivity contribution in [3.63, 3.8) is 0 Å². The second kappa shape index (κ2) is 6.07. The molecule has 0 unspecified atom stereocenters. The van der Waals surface area contributed by atoms with Gasteiger partial charge in [0, 0.05) is 19.6 Å². The van der Waals surface area contributed by atoms with Gasteiger partial charge in [0.2, 0.25) is 5.91 Å². The molecule has 17 heavy (non-hydrogen) atoms. The fraction of sp³-hybridized carbons (Fsp3) is 0.700. The number of carbonyl (C=O) groups excluding carboxylic acids is 2. The SMILES string of the molecule is CCCNC(=O)CNC(=O)N1CC(C(=O)O)C1. The molecule has 1 heterocycles. The molecule has 0 aliphatic carbocycles. The van der Waals surface area contributed by atoms with Crippen LogP contribution in [0, 0.1) is 5.92 Å². The molecule has 7 nitrogen and oxygen atoms in total. The van der Waals surface area contributed by atoms with Gasteiger partial charge in [-0.1, -0.05) is 6.92 Å². The normalized spacial score (nSPS) is 15.0. The van der Waals surface area contributed by atoms with E-state index in [1.54, 1.807) is 0 Å². The fourth-order valence-corrected chi connectivity index (χ4v) is 1.40. The third kappa shape index (κ3) is 3.93. The van der Waals surface area contributed by atoms with Crippen LogP contribution in [0.3, 0.4) is 0 Å². The number of carbonyl (C=O) groups is 3. The molecule has 0 saturated carbocycles. The van der Waals surface area contributed by atoms with Gasteiger partial charge in [-0.3, -0.25) is 9.59 Å². The lowest BCUT2D eigenvalue weighted by Crippen LogP contribution is -2.57. The second-order valence-corrected chi connectivity index (χ2v) is 3.95. The van der Waals surface area contributed by atoms with Crippen LogP contribution >= 0.6 is 0 Å². The van der Waals surface area contributed by atoms with Crippen molar-refractivity contribution >= 4 is 17.9 Å². The Morgan fingerprint density at radius 3 is 2.47 bits per heavy atom.